The van der Waals surface area contributed by atoms with E-state index in [2.05, 4.69) is 21.8 Å². The molecule has 0 spiro atoms. The van der Waals surface area contributed by atoms with Gasteiger partial charge in [0, 0.05) is 19.0 Å². The van der Waals surface area contributed by atoms with Gasteiger partial charge in [0.25, 0.3) is 0 Å². The first kappa shape index (κ1) is 13.5. The average Bonchev–Trinajstić information content (AvgIpc) is 2.38. The Kier molecular flexibility index (Phi) is 4.37. The second-order valence-corrected chi connectivity index (χ2v) is 4.85. The van der Waals surface area contributed by atoms with Crippen LogP contribution in [0.15, 0.2) is 6.07 Å². The van der Waals surface area contributed by atoms with E-state index in [9.17, 15) is 5.11 Å². The van der Waals surface area contributed by atoms with E-state index in [0.29, 0.717) is 18.3 Å². The van der Waals surface area contributed by atoms with Crippen molar-refractivity contribution >= 4 is 17.4 Å². The van der Waals surface area contributed by atoms with Crippen molar-refractivity contribution in [3.63, 3.8) is 0 Å². The second kappa shape index (κ2) is 5.82. The van der Waals surface area contributed by atoms with Crippen LogP contribution in [0.1, 0.15) is 19.7 Å². The maximum Gasteiger partial charge on any atom is 0.134 e. The van der Waals surface area contributed by atoms with Crippen molar-refractivity contribution in [3.8, 4) is 0 Å². The minimum atomic E-state index is -0.167. The number of aliphatic hydroxyl groups is 1. The van der Waals surface area contributed by atoms with E-state index in [-0.39, 0.29) is 18.8 Å². The number of halogens is 1. The summed E-state index contributed by atoms with van der Waals surface area (Å²) in [5.41, 5.74) is 0. The van der Waals surface area contributed by atoms with Crippen LogP contribution in [-0.2, 0) is 11.2 Å². The fourth-order valence-electron chi connectivity index (χ4n) is 2.00. The van der Waals surface area contributed by atoms with Gasteiger partial charge in [0.15, 0.2) is 0 Å². The summed E-state index contributed by atoms with van der Waals surface area (Å²) in [4.78, 5) is 10.8. The third kappa shape index (κ3) is 2.91. The molecule has 0 saturated carbocycles. The van der Waals surface area contributed by atoms with Crippen LogP contribution >= 0.6 is 11.6 Å². The summed E-state index contributed by atoms with van der Waals surface area (Å²) in [5.74, 6) is 1.54. The molecule has 1 aromatic heterocycles. The molecule has 1 N–H and O–H groups in total. The zero-order chi connectivity index (χ0) is 13.1. The Bertz CT molecular complexity index is 416. The van der Waals surface area contributed by atoms with Crippen LogP contribution in [0.2, 0.25) is 5.15 Å². The lowest BCUT2D eigenvalue weighted by atomic mass is 10.2. The molecule has 2 unspecified atom stereocenters. The topological polar surface area (TPSA) is 58.5 Å². The molecule has 6 heteroatoms. The highest BCUT2D eigenvalue weighted by molar-refractivity contribution is 6.29. The molecule has 0 bridgehead atoms. The number of anilines is 1. The smallest absolute Gasteiger partial charge is 0.134 e. The first-order chi connectivity index (χ1) is 8.63. The standard InChI is InChI=1S/C12H18ClN3O2/c1-3-11-14-10(13)4-12(15-11)16-5-9(6-17)18-7-8(16)2/h4,8-9,17H,3,5-7H2,1-2H3. The molecule has 1 saturated heterocycles. The second-order valence-electron chi connectivity index (χ2n) is 4.46. The molecular formula is C12H18ClN3O2. The molecule has 0 aliphatic carbocycles. The van der Waals surface area contributed by atoms with Crippen LogP contribution in [0.3, 0.4) is 0 Å². The quantitative estimate of drug-likeness (QED) is 0.840. The van der Waals surface area contributed by atoms with Crippen LogP contribution in [0, 0.1) is 0 Å². The van der Waals surface area contributed by atoms with Crippen LogP contribution in [0.25, 0.3) is 0 Å². The Balaban J connectivity index is 2.25. The van der Waals surface area contributed by atoms with Gasteiger partial charge in [-0.2, -0.15) is 0 Å². The molecule has 0 amide bonds. The molecule has 100 valence electrons. The first-order valence-corrected chi connectivity index (χ1v) is 6.54. The Morgan fingerprint density at radius 1 is 1.56 bits per heavy atom. The fraction of sp³-hybridized carbons (Fsp3) is 0.667. The van der Waals surface area contributed by atoms with Crippen LogP contribution in [-0.4, -0.2) is 47.0 Å². The number of nitrogens with zero attached hydrogens (tertiary/aromatic N) is 3. The van der Waals surface area contributed by atoms with Crippen molar-refractivity contribution in [2.24, 2.45) is 0 Å². The summed E-state index contributed by atoms with van der Waals surface area (Å²) in [7, 11) is 0. The summed E-state index contributed by atoms with van der Waals surface area (Å²) in [6.45, 7) is 5.27. The molecule has 2 rings (SSSR count). The molecule has 18 heavy (non-hydrogen) atoms. The molecule has 1 aromatic rings. The Labute approximate surface area is 112 Å². The highest BCUT2D eigenvalue weighted by atomic mass is 35.5. The van der Waals surface area contributed by atoms with Crippen molar-refractivity contribution < 1.29 is 9.84 Å². The number of hydrogen-bond acceptors (Lipinski definition) is 5. The number of hydrogen-bond donors (Lipinski definition) is 1. The van der Waals surface area contributed by atoms with E-state index in [1.165, 1.54) is 0 Å². The summed E-state index contributed by atoms with van der Waals surface area (Å²) in [6.07, 6.45) is 0.579. The monoisotopic (exact) mass is 271 g/mol. The first-order valence-electron chi connectivity index (χ1n) is 6.16. The van der Waals surface area contributed by atoms with Gasteiger partial charge < -0.3 is 14.7 Å². The number of aromatic nitrogens is 2. The van der Waals surface area contributed by atoms with Gasteiger partial charge in [-0.1, -0.05) is 18.5 Å². The van der Waals surface area contributed by atoms with Gasteiger partial charge in [-0.25, -0.2) is 9.97 Å². The van der Waals surface area contributed by atoms with E-state index in [1.807, 2.05) is 6.92 Å². The normalized spacial score (nSPS) is 24.3. The zero-order valence-corrected chi connectivity index (χ0v) is 11.4. The minimum Gasteiger partial charge on any atom is -0.394 e. The number of ether oxygens (including phenoxy) is 1. The van der Waals surface area contributed by atoms with Crippen molar-refractivity contribution in [2.75, 3.05) is 24.7 Å². The summed E-state index contributed by atoms with van der Waals surface area (Å²) in [6, 6.07) is 1.97. The zero-order valence-electron chi connectivity index (χ0n) is 10.6. The molecule has 0 radical (unpaired) electrons. The van der Waals surface area contributed by atoms with Crippen LogP contribution in [0.4, 0.5) is 5.82 Å². The van der Waals surface area contributed by atoms with E-state index < -0.39 is 0 Å². The lowest BCUT2D eigenvalue weighted by Crippen LogP contribution is -2.50. The van der Waals surface area contributed by atoms with Crippen molar-refractivity contribution in [2.45, 2.75) is 32.4 Å². The predicted octanol–water partition coefficient (Wildman–Crippen LogP) is 1.28. The molecular weight excluding hydrogens is 254 g/mol. The van der Waals surface area contributed by atoms with Crippen LogP contribution in [0.5, 0.6) is 0 Å². The molecule has 0 aromatic carbocycles. The summed E-state index contributed by atoms with van der Waals surface area (Å²) >= 11 is 6.01. The SMILES string of the molecule is CCc1nc(Cl)cc(N2CC(CO)OCC2C)n1. The maximum absolute atomic E-state index is 9.19. The minimum absolute atomic E-state index is 0.0165. The average molecular weight is 272 g/mol. The molecule has 2 atom stereocenters. The van der Waals surface area contributed by atoms with E-state index >= 15 is 0 Å². The summed E-state index contributed by atoms with van der Waals surface area (Å²) < 4.78 is 5.51. The van der Waals surface area contributed by atoms with Crippen LogP contribution < -0.4 is 4.90 Å². The van der Waals surface area contributed by atoms with Gasteiger partial charge in [0.2, 0.25) is 0 Å². The molecule has 1 aliphatic rings. The summed E-state index contributed by atoms with van der Waals surface area (Å²) in [5, 5.41) is 9.64. The molecule has 1 aliphatic heterocycles. The largest absolute Gasteiger partial charge is 0.394 e. The van der Waals surface area contributed by atoms with Gasteiger partial charge in [-0.15, -0.1) is 0 Å². The van der Waals surface area contributed by atoms with E-state index in [4.69, 9.17) is 16.3 Å². The number of morpholine rings is 1. The van der Waals surface area contributed by atoms with Gasteiger partial charge in [-0.05, 0) is 6.92 Å². The van der Waals surface area contributed by atoms with E-state index in [0.717, 1.165) is 18.1 Å². The number of aryl methyl sites for hydroxylation is 1. The molecule has 1 fully saturated rings. The third-order valence-electron chi connectivity index (χ3n) is 3.05. The molecule has 5 nitrogen and oxygen atoms in total. The van der Waals surface area contributed by atoms with Gasteiger partial charge in [0.05, 0.1) is 25.4 Å². The lowest BCUT2D eigenvalue weighted by molar-refractivity contribution is -0.0105. The molecule has 2 heterocycles. The van der Waals surface area contributed by atoms with Crippen molar-refractivity contribution in [3.05, 3.63) is 17.0 Å². The van der Waals surface area contributed by atoms with Crippen molar-refractivity contribution in [1.82, 2.24) is 9.97 Å². The fourth-order valence-corrected chi connectivity index (χ4v) is 2.20. The van der Waals surface area contributed by atoms with Gasteiger partial charge in [0.1, 0.15) is 16.8 Å². The van der Waals surface area contributed by atoms with Crippen molar-refractivity contribution in [1.29, 1.82) is 0 Å². The predicted molar refractivity (Wildman–Crippen MR) is 70.1 cm³/mol. The van der Waals surface area contributed by atoms with Gasteiger partial charge >= 0.3 is 0 Å². The number of aliphatic hydroxyl groups excluding tert-OH is 1. The highest BCUT2D eigenvalue weighted by Crippen LogP contribution is 2.22. The van der Waals surface area contributed by atoms with Gasteiger partial charge in [-0.3, -0.25) is 0 Å². The lowest BCUT2D eigenvalue weighted by Gasteiger charge is -2.38. The maximum atomic E-state index is 9.19. The highest BCUT2D eigenvalue weighted by Gasteiger charge is 2.27. The third-order valence-corrected chi connectivity index (χ3v) is 3.24. The Hall–Kier alpha value is -0.910. The Morgan fingerprint density at radius 3 is 3.00 bits per heavy atom. The number of rotatable bonds is 3. The van der Waals surface area contributed by atoms with E-state index in [1.54, 1.807) is 6.07 Å². The Morgan fingerprint density at radius 2 is 2.33 bits per heavy atom.